The third kappa shape index (κ3) is 6.94. The van der Waals surface area contributed by atoms with Gasteiger partial charge in [0.25, 0.3) is 20.0 Å². The Morgan fingerprint density at radius 2 is 0.857 bits per heavy atom. The van der Waals surface area contributed by atoms with Crippen LogP contribution >= 0.6 is 0 Å². The number of fused-ring (bicyclic) bond motifs is 2. The maximum atomic E-state index is 14.3. The number of anilines is 2. The highest BCUT2D eigenvalue weighted by Gasteiger charge is 2.52. The molecule has 14 heteroatoms. The lowest BCUT2D eigenvalue weighted by Gasteiger charge is -2.25. The van der Waals surface area contributed by atoms with Crippen molar-refractivity contribution >= 4 is 76.4 Å². The smallest absolute Gasteiger partial charge is 0.261 e. The van der Waals surface area contributed by atoms with Gasteiger partial charge in [-0.05, 0) is 98.5 Å². The Morgan fingerprint density at radius 1 is 0.518 bits per heavy atom. The SMILES string of the molecule is CCCc1[nH]c2ccc(NS(=O)(=O)c3ccc(C)cc3)cc2c1C1C(=O)C(=O)C(c2c(CCC)[nH]c3ccc(NS(=O)(=O)c4ccc(C)cc4)cc23)C(=O)C1=O. The normalized spacial score (nSPS) is 16.6. The molecule has 1 aliphatic carbocycles. The summed E-state index contributed by atoms with van der Waals surface area (Å²) in [6.45, 7) is 7.47. The molecule has 0 spiro atoms. The Bertz CT molecular complexity index is 2580. The molecule has 0 atom stereocenters. The summed E-state index contributed by atoms with van der Waals surface area (Å²) in [6, 6.07) is 21.9. The van der Waals surface area contributed by atoms with Crippen molar-refractivity contribution in [3.05, 3.63) is 119 Å². The van der Waals surface area contributed by atoms with Gasteiger partial charge in [-0.2, -0.15) is 0 Å². The maximum absolute atomic E-state index is 14.3. The highest BCUT2D eigenvalue weighted by molar-refractivity contribution is 7.93. The van der Waals surface area contributed by atoms with E-state index in [1.165, 1.54) is 36.4 Å². The molecule has 12 nitrogen and oxygen atoms in total. The van der Waals surface area contributed by atoms with E-state index >= 15 is 0 Å². The molecule has 0 unspecified atom stereocenters. The van der Waals surface area contributed by atoms with Crippen LogP contribution in [0.4, 0.5) is 11.4 Å². The van der Waals surface area contributed by atoms with E-state index in [2.05, 4.69) is 19.4 Å². The average molecular weight is 793 g/mol. The van der Waals surface area contributed by atoms with Gasteiger partial charge in [-0.15, -0.1) is 0 Å². The Labute approximate surface area is 324 Å². The largest absolute Gasteiger partial charge is 0.358 e. The van der Waals surface area contributed by atoms with Crippen LogP contribution < -0.4 is 9.44 Å². The quantitative estimate of drug-likeness (QED) is 0.0757. The number of benzene rings is 4. The average Bonchev–Trinajstić information content (AvgIpc) is 3.68. The molecular weight excluding hydrogens is 753 g/mol. The van der Waals surface area contributed by atoms with Gasteiger partial charge in [-0.1, -0.05) is 62.1 Å². The van der Waals surface area contributed by atoms with Gasteiger partial charge in [0.1, 0.15) is 11.8 Å². The summed E-state index contributed by atoms with van der Waals surface area (Å²) in [6.07, 6.45) is 1.94. The molecule has 0 bridgehead atoms. The lowest BCUT2D eigenvalue weighted by Crippen LogP contribution is -2.46. The molecule has 56 heavy (non-hydrogen) atoms. The molecule has 1 saturated carbocycles. The molecule has 4 aromatic carbocycles. The van der Waals surface area contributed by atoms with E-state index in [4.69, 9.17) is 0 Å². The summed E-state index contributed by atoms with van der Waals surface area (Å²) in [5.74, 6) is -7.73. The fraction of sp³-hybridized carbons (Fsp3) is 0.238. The molecule has 1 aliphatic rings. The maximum Gasteiger partial charge on any atom is 0.261 e. The molecule has 7 rings (SSSR count). The standard InChI is InChI=1S/C42H40N4O8S2/c1-5-7-33-35(29-21-25(13-19-31(29)43-33)45-55(51,52)27-15-9-23(3)10-16-27)37-39(47)41(49)38(42(50)40(37)48)36-30-22-26(14-20-32(30)44-34(36)8-6-2)46-56(53,54)28-17-11-24(4)12-18-28/h9-22,37-38,43-46H,5-8H2,1-4H3. The van der Waals surface area contributed by atoms with Crippen molar-refractivity contribution in [3.8, 4) is 0 Å². The van der Waals surface area contributed by atoms with Gasteiger partial charge >= 0.3 is 0 Å². The predicted octanol–water partition coefficient (Wildman–Crippen LogP) is 6.93. The van der Waals surface area contributed by atoms with E-state index in [0.29, 0.717) is 58.9 Å². The van der Waals surface area contributed by atoms with E-state index in [9.17, 15) is 36.0 Å². The third-order valence-corrected chi connectivity index (χ3v) is 12.9. The van der Waals surface area contributed by atoms with Crippen molar-refractivity contribution in [2.75, 3.05) is 9.44 Å². The fourth-order valence-electron chi connectivity index (χ4n) is 7.41. The van der Waals surface area contributed by atoms with Crippen LogP contribution in [0.1, 0.15) is 72.2 Å². The summed E-state index contributed by atoms with van der Waals surface area (Å²) in [7, 11) is -8.02. The first-order valence-electron chi connectivity index (χ1n) is 18.3. The zero-order valence-corrected chi connectivity index (χ0v) is 32.8. The minimum atomic E-state index is -4.01. The molecule has 6 aromatic rings. The summed E-state index contributed by atoms with van der Waals surface area (Å²) in [5, 5.41) is 0.653. The second-order valence-electron chi connectivity index (χ2n) is 14.2. The second-order valence-corrected chi connectivity index (χ2v) is 17.6. The first-order valence-corrected chi connectivity index (χ1v) is 21.2. The second kappa shape index (κ2) is 14.7. The minimum Gasteiger partial charge on any atom is -0.358 e. The zero-order chi connectivity index (χ0) is 40.1. The molecule has 2 aromatic heterocycles. The van der Waals surface area contributed by atoms with E-state index < -0.39 is 55.0 Å². The lowest BCUT2D eigenvalue weighted by atomic mass is 9.71. The number of aromatic amines is 2. The van der Waals surface area contributed by atoms with E-state index in [-0.39, 0.29) is 32.3 Å². The Balaban J connectivity index is 1.28. The number of nitrogens with one attached hydrogen (secondary N) is 4. The monoisotopic (exact) mass is 792 g/mol. The van der Waals surface area contributed by atoms with E-state index in [1.54, 1.807) is 48.5 Å². The molecule has 0 saturated heterocycles. The van der Waals surface area contributed by atoms with Crippen LogP contribution in [0.15, 0.2) is 94.7 Å². The van der Waals surface area contributed by atoms with Crippen molar-refractivity contribution < 1.29 is 36.0 Å². The van der Waals surface area contributed by atoms with E-state index in [1.807, 2.05) is 27.7 Å². The molecule has 4 N–H and O–H groups in total. The number of H-pyrrole nitrogens is 2. The first kappa shape index (κ1) is 38.4. The van der Waals surface area contributed by atoms with Gasteiger partial charge in [0.2, 0.25) is 23.1 Å². The van der Waals surface area contributed by atoms with Gasteiger partial charge < -0.3 is 9.97 Å². The number of ketones is 4. The number of sulfonamides is 2. The molecule has 0 aliphatic heterocycles. The Hall–Kier alpha value is -5.86. The van der Waals surface area contributed by atoms with Gasteiger partial charge in [0.15, 0.2) is 0 Å². The highest BCUT2D eigenvalue weighted by atomic mass is 32.2. The zero-order valence-electron chi connectivity index (χ0n) is 31.1. The van der Waals surface area contributed by atoms with Crippen molar-refractivity contribution in [2.24, 2.45) is 0 Å². The molecular formula is C42H40N4O8S2. The summed E-state index contributed by atoms with van der Waals surface area (Å²) in [4.78, 5) is 63.7. The molecule has 1 fully saturated rings. The third-order valence-electron chi connectivity index (χ3n) is 10.1. The topological polar surface area (TPSA) is 192 Å². The number of aryl methyl sites for hydroxylation is 4. The first-order chi connectivity index (χ1) is 26.6. The van der Waals surface area contributed by atoms with Crippen LogP contribution in [0.5, 0.6) is 0 Å². The summed E-state index contributed by atoms with van der Waals surface area (Å²) < 4.78 is 58.2. The molecule has 288 valence electrons. The van der Waals surface area contributed by atoms with Gasteiger partial charge in [-0.25, -0.2) is 16.8 Å². The summed E-state index contributed by atoms with van der Waals surface area (Å²) in [5.41, 5.74) is 4.36. The molecule has 0 amide bonds. The predicted molar refractivity (Wildman–Crippen MR) is 214 cm³/mol. The number of hydrogen-bond acceptors (Lipinski definition) is 8. The van der Waals surface area contributed by atoms with Crippen molar-refractivity contribution in [1.82, 2.24) is 9.97 Å². The fourth-order valence-corrected chi connectivity index (χ4v) is 9.51. The van der Waals surface area contributed by atoms with Gasteiger partial charge in [0, 0.05) is 44.6 Å². The van der Waals surface area contributed by atoms with Crippen molar-refractivity contribution in [1.29, 1.82) is 0 Å². The Morgan fingerprint density at radius 3 is 1.18 bits per heavy atom. The lowest BCUT2D eigenvalue weighted by molar-refractivity contribution is -0.151. The number of aromatic nitrogens is 2. The number of hydrogen-bond donors (Lipinski definition) is 4. The number of carbonyl (C=O) groups excluding carboxylic acids is 4. The Kier molecular flexibility index (Phi) is 10.1. The van der Waals surface area contributed by atoms with Crippen LogP contribution in [-0.2, 0) is 52.1 Å². The van der Waals surface area contributed by atoms with Gasteiger partial charge in [-0.3, -0.25) is 28.6 Å². The number of rotatable bonds is 12. The van der Waals surface area contributed by atoms with Crippen molar-refractivity contribution in [3.63, 3.8) is 0 Å². The minimum absolute atomic E-state index is 0.0412. The van der Waals surface area contributed by atoms with Crippen molar-refractivity contribution in [2.45, 2.75) is 75.0 Å². The number of Topliss-reactive ketones (excluding diaryl/α,β-unsaturated/α-hetero) is 4. The van der Waals surface area contributed by atoms with E-state index in [0.717, 1.165) is 11.1 Å². The van der Waals surface area contributed by atoms with Crippen LogP contribution in [0, 0.1) is 13.8 Å². The highest BCUT2D eigenvalue weighted by Crippen LogP contribution is 2.42. The van der Waals surface area contributed by atoms with Crippen LogP contribution in [0.2, 0.25) is 0 Å². The van der Waals surface area contributed by atoms with Crippen LogP contribution in [0.3, 0.4) is 0 Å². The number of carbonyl (C=O) groups is 4. The van der Waals surface area contributed by atoms with Crippen LogP contribution in [-0.4, -0.2) is 49.9 Å². The summed E-state index contributed by atoms with van der Waals surface area (Å²) >= 11 is 0. The van der Waals surface area contributed by atoms with Crippen LogP contribution in [0.25, 0.3) is 21.8 Å². The molecule has 0 radical (unpaired) electrons. The van der Waals surface area contributed by atoms with Gasteiger partial charge in [0.05, 0.1) is 9.79 Å². The molecule has 2 heterocycles.